The first-order valence-electron chi connectivity index (χ1n) is 7.81. The van der Waals surface area contributed by atoms with E-state index in [4.69, 9.17) is 4.74 Å². The number of hydrogen-bond donors (Lipinski definition) is 1. The fourth-order valence-corrected chi connectivity index (χ4v) is 3.08. The van der Waals surface area contributed by atoms with Crippen LogP contribution in [0.2, 0.25) is 0 Å². The number of rotatable bonds is 5. The number of fused-ring (bicyclic) bond motifs is 1. The van der Waals surface area contributed by atoms with Gasteiger partial charge in [-0.2, -0.15) is 0 Å². The van der Waals surface area contributed by atoms with Crippen molar-refractivity contribution in [2.45, 2.75) is 13.3 Å². The number of amides is 2. The molecule has 2 heterocycles. The zero-order chi connectivity index (χ0) is 17.1. The number of aromatic nitrogens is 1. The molecule has 126 valence electrons. The van der Waals surface area contributed by atoms with E-state index in [0.717, 1.165) is 21.1 Å². The third-order valence-electron chi connectivity index (χ3n) is 3.88. The Morgan fingerprint density at radius 1 is 1.42 bits per heavy atom. The largest absolute Gasteiger partial charge is 0.448 e. The summed E-state index contributed by atoms with van der Waals surface area (Å²) in [6.45, 7) is 4.02. The van der Waals surface area contributed by atoms with Gasteiger partial charge in [-0.05, 0) is 37.6 Å². The van der Waals surface area contributed by atoms with Crippen LogP contribution in [0, 0.1) is 6.92 Å². The van der Waals surface area contributed by atoms with Crippen molar-refractivity contribution in [1.82, 2.24) is 15.2 Å². The molecular formula is C17H18BrN3O3. The molecule has 1 aromatic heterocycles. The average molecular weight is 392 g/mol. The van der Waals surface area contributed by atoms with Crippen LogP contribution in [-0.2, 0) is 4.74 Å². The number of ether oxygens (including phenoxy) is 1. The van der Waals surface area contributed by atoms with E-state index in [0.29, 0.717) is 38.2 Å². The minimum absolute atomic E-state index is 0.132. The van der Waals surface area contributed by atoms with Gasteiger partial charge in [0.25, 0.3) is 5.91 Å². The number of carbonyl (C=O) groups excluding carboxylic acids is 2. The van der Waals surface area contributed by atoms with E-state index in [1.54, 1.807) is 11.0 Å². The number of nitrogens with zero attached hydrogens (tertiary/aromatic N) is 2. The first-order chi connectivity index (χ1) is 11.5. The number of carbonyl (C=O) groups is 2. The Morgan fingerprint density at radius 2 is 2.25 bits per heavy atom. The van der Waals surface area contributed by atoms with Gasteiger partial charge < -0.3 is 15.0 Å². The molecule has 1 N–H and O–H groups in total. The SMILES string of the molecule is Cc1cc(C(=O)NCCCN2CCOC2=O)c2cc(Br)ccc2n1. The number of cyclic esters (lactones) is 1. The minimum atomic E-state index is -0.276. The lowest BCUT2D eigenvalue weighted by atomic mass is 10.1. The Morgan fingerprint density at radius 3 is 3.00 bits per heavy atom. The van der Waals surface area contributed by atoms with Gasteiger partial charge in [-0.1, -0.05) is 15.9 Å². The molecule has 2 aromatic rings. The van der Waals surface area contributed by atoms with Crippen molar-refractivity contribution < 1.29 is 14.3 Å². The highest BCUT2D eigenvalue weighted by atomic mass is 79.9. The molecule has 0 bridgehead atoms. The van der Waals surface area contributed by atoms with Crippen LogP contribution in [-0.4, -0.2) is 48.1 Å². The molecule has 7 heteroatoms. The number of pyridine rings is 1. The molecule has 0 saturated carbocycles. The molecular weight excluding hydrogens is 374 g/mol. The first kappa shape index (κ1) is 16.7. The zero-order valence-corrected chi connectivity index (χ0v) is 14.9. The van der Waals surface area contributed by atoms with E-state index in [9.17, 15) is 9.59 Å². The van der Waals surface area contributed by atoms with E-state index in [1.807, 2.05) is 25.1 Å². The normalized spacial score (nSPS) is 14.1. The van der Waals surface area contributed by atoms with Gasteiger partial charge >= 0.3 is 6.09 Å². The Kier molecular flexibility index (Phi) is 4.99. The minimum Gasteiger partial charge on any atom is -0.448 e. The Labute approximate surface area is 148 Å². The number of halogens is 1. The van der Waals surface area contributed by atoms with E-state index >= 15 is 0 Å². The Bertz CT molecular complexity index is 794. The third-order valence-corrected chi connectivity index (χ3v) is 4.37. The molecule has 0 atom stereocenters. The lowest BCUT2D eigenvalue weighted by Crippen LogP contribution is -2.30. The van der Waals surface area contributed by atoms with Gasteiger partial charge in [-0.3, -0.25) is 9.78 Å². The fourth-order valence-electron chi connectivity index (χ4n) is 2.71. The van der Waals surface area contributed by atoms with E-state index < -0.39 is 0 Å². The molecule has 1 aliphatic heterocycles. The Hall–Kier alpha value is -2.15. The lowest BCUT2D eigenvalue weighted by molar-refractivity contribution is 0.0954. The van der Waals surface area contributed by atoms with Gasteiger partial charge in [0.05, 0.1) is 17.6 Å². The standard InChI is InChI=1S/C17H18BrN3O3/c1-11-9-14(13-10-12(18)3-4-15(13)20-11)16(22)19-5-2-6-21-7-8-24-17(21)23/h3-4,9-10H,2,5-8H2,1H3,(H,19,22). The monoisotopic (exact) mass is 391 g/mol. The molecule has 0 spiro atoms. The van der Waals surface area contributed by atoms with Crippen LogP contribution in [0.3, 0.4) is 0 Å². The molecule has 0 radical (unpaired) electrons. The smallest absolute Gasteiger partial charge is 0.409 e. The maximum absolute atomic E-state index is 12.5. The van der Waals surface area contributed by atoms with Crippen molar-refractivity contribution in [3.05, 3.63) is 40.0 Å². The quantitative estimate of drug-likeness (QED) is 0.795. The summed E-state index contributed by atoms with van der Waals surface area (Å²) >= 11 is 3.43. The summed E-state index contributed by atoms with van der Waals surface area (Å²) < 4.78 is 5.78. The summed E-state index contributed by atoms with van der Waals surface area (Å²) in [6, 6.07) is 7.49. The van der Waals surface area contributed by atoms with Crippen LogP contribution in [0.5, 0.6) is 0 Å². The Balaban J connectivity index is 1.65. The van der Waals surface area contributed by atoms with Gasteiger partial charge in [-0.15, -0.1) is 0 Å². The fraction of sp³-hybridized carbons (Fsp3) is 0.353. The number of benzene rings is 1. The van der Waals surface area contributed by atoms with Crippen molar-refractivity contribution in [2.24, 2.45) is 0 Å². The summed E-state index contributed by atoms with van der Waals surface area (Å²) in [6.07, 6.45) is 0.411. The van der Waals surface area contributed by atoms with Crippen LogP contribution >= 0.6 is 15.9 Å². The maximum atomic E-state index is 12.5. The van der Waals surface area contributed by atoms with Gasteiger partial charge in [0.1, 0.15) is 6.61 Å². The van der Waals surface area contributed by atoms with Crippen molar-refractivity contribution >= 4 is 38.8 Å². The summed E-state index contributed by atoms with van der Waals surface area (Å²) in [5.74, 6) is -0.132. The average Bonchev–Trinajstić information content (AvgIpc) is 2.96. The van der Waals surface area contributed by atoms with Gasteiger partial charge in [0, 0.05) is 28.6 Å². The van der Waals surface area contributed by atoms with Crippen LogP contribution in [0.1, 0.15) is 22.5 Å². The molecule has 2 amide bonds. The molecule has 1 aliphatic rings. The molecule has 1 aromatic carbocycles. The summed E-state index contributed by atoms with van der Waals surface area (Å²) in [4.78, 5) is 30.0. The van der Waals surface area contributed by atoms with Gasteiger partial charge in [0.2, 0.25) is 0 Å². The van der Waals surface area contributed by atoms with Crippen LogP contribution in [0.4, 0.5) is 4.79 Å². The van der Waals surface area contributed by atoms with Crippen LogP contribution in [0.15, 0.2) is 28.7 Å². The summed E-state index contributed by atoms with van der Waals surface area (Å²) in [5.41, 5.74) is 2.21. The first-order valence-corrected chi connectivity index (χ1v) is 8.61. The molecule has 1 saturated heterocycles. The maximum Gasteiger partial charge on any atom is 0.409 e. The second kappa shape index (κ2) is 7.17. The molecule has 24 heavy (non-hydrogen) atoms. The topological polar surface area (TPSA) is 71.5 Å². The summed E-state index contributed by atoms with van der Waals surface area (Å²) in [5, 5.41) is 3.73. The lowest BCUT2D eigenvalue weighted by Gasteiger charge is -2.13. The number of hydrogen-bond acceptors (Lipinski definition) is 4. The second-order valence-electron chi connectivity index (χ2n) is 5.68. The molecule has 6 nitrogen and oxygen atoms in total. The van der Waals surface area contributed by atoms with Gasteiger partial charge in [-0.25, -0.2) is 4.79 Å². The van der Waals surface area contributed by atoms with Crippen molar-refractivity contribution in [3.63, 3.8) is 0 Å². The van der Waals surface area contributed by atoms with Crippen molar-refractivity contribution in [2.75, 3.05) is 26.2 Å². The molecule has 3 rings (SSSR count). The van der Waals surface area contributed by atoms with Crippen LogP contribution < -0.4 is 5.32 Å². The third kappa shape index (κ3) is 3.67. The van der Waals surface area contributed by atoms with Gasteiger partial charge in [0.15, 0.2) is 0 Å². The van der Waals surface area contributed by atoms with Crippen LogP contribution in [0.25, 0.3) is 10.9 Å². The summed E-state index contributed by atoms with van der Waals surface area (Å²) in [7, 11) is 0. The van der Waals surface area contributed by atoms with Crippen molar-refractivity contribution in [3.8, 4) is 0 Å². The molecule has 1 fully saturated rings. The number of aryl methyl sites for hydroxylation is 1. The highest BCUT2D eigenvalue weighted by Crippen LogP contribution is 2.22. The highest BCUT2D eigenvalue weighted by molar-refractivity contribution is 9.10. The van der Waals surface area contributed by atoms with E-state index in [-0.39, 0.29) is 12.0 Å². The van der Waals surface area contributed by atoms with Crippen molar-refractivity contribution in [1.29, 1.82) is 0 Å². The second-order valence-corrected chi connectivity index (χ2v) is 6.60. The highest BCUT2D eigenvalue weighted by Gasteiger charge is 2.21. The predicted octanol–water partition coefficient (Wildman–Crippen LogP) is 2.88. The predicted molar refractivity (Wildman–Crippen MR) is 94.1 cm³/mol. The molecule has 0 unspecified atom stereocenters. The van der Waals surface area contributed by atoms with E-state index in [2.05, 4.69) is 26.2 Å². The number of nitrogens with one attached hydrogen (secondary N) is 1. The zero-order valence-electron chi connectivity index (χ0n) is 13.3. The molecule has 0 aliphatic carbocycles. The van der Waals surface area contributed by atoms with E-state index in [1.165, 1.54) is 0 Å².